The molecule has 2 aliphatic heterocycles. The van der Waals surface area contributed by atoms with E-state index in [4.69, 9.17) is 9.47 Å². The van der Waals surface area contributed by atoms with Gasteiger partial charge < -0.3 is 29.7 Å². The van der Waals surface area contributed by atoms with E-state index in [0.29, 0.717) is 40.4 Å². The van der Waals surface area contributed by atoms with Gasteiger partial charge in [0.2, 0.25) is 5.95 Å². The minimum atomic E-state index is -0.352. The number of nitrogens with one attached hydrogen (secondary N) is 1. The highest BCUT2D eigenvalue weighted by Crippen LogP contribution is 2.55. The molecular weight excluding hydrogens is 544 g/mol. The van der Waals surface area contributed by atoms with Crippen molar-refractivity contribution in [2.24, 2.45) is 22.7 Å². The van der Waals surface area contributed by atoms with Gasteiger partial charge >= 0.3 is 0 Å². The fraction of sp³-hybridized carbons (Fsp3) is 0.636. The van der Waals surface area contributed by atoms with Gasteiger partial charge in [-0.05, 0) is 43.2 Å². The Morgan fingerprint density at radius 1 is 1.12 bits per heavy atom. The molecule has 43 heavy (non-hydrogen) atoms. The number of benzene rings is 1. The van der Waals surface area contributed by atoms with E-state index in [1.807, 2.05) is 0 Å². The number of methoxy groups -OCH3 is 1. The molecule has 0 radical (unpaired) electrons. The van der Waals surface area contributed by atoms with Crippen LogP contribution in [0.5, 0.6) is 11.5 Å². The fourth-order valence-electron chi connectivity index (χ4n) is 7.67. The Morgan fingerprint density at radius 2 is 1.79 bits per heavy atom. The largest absolute Gasteiger partial charge is 0.495 e. The fourth-order valence-corrected chi connectivity index (χ4v) is 7.67. The number of ether oxygens (including phenoxy) is 2. The maximum atomic E-state index is 13.3. The number of likely N-dealkylation sites (tertiary alicyclic amines) is 1. The van der Waals surface area contributed by atoms with Crippen molar-refractivity contribution in [2.45, 2.75) is 72.1 Å². The lowest BCUT2D eigenvalue weighted by Crippen LogP contribution is -2.74. The third kappa shape index (κ3) is 6.29. The van der Waals surface area contributed by atoms with Crippen LogP contribution in [0.3, 0.4) is 0 Å². The van der Waals surface area contributed by atoms with Crippen LogP contribution in [0, 0.1) is 34.0 Å². The van der Waals surface area contributed by atoms with E-state index in [1.165, 1.54) is 7.11 Å². The summed E-state index contributed by atoms with van der Waals surface area (Å²) in [7, 11) is 1.53. The van der Waals surface area contributed by atoms with Crippen LogP contribution in [0.4, 0.5) is 5.95 Å². The molecule has 1 aromatic carbocycles. The standard InChI is InChI=1S/C33H46N6O4/c1-21-19-39(14-9-23(21)20-38-12-10-25(40)11-13-38)31-35-17-24(18-36-31)28(41)37-29-32(2,3)30(33(29,4)5)43-26-8-7-22(16-34)27(15-26)42-6/h7-8,15,17-18,21,23,25,29-30,40H,9-14,19-20H2,1-6H3,(H,37,41)/t21-,23+,29?,30?/m0/s1. The molecule has 1 aliphatic carbocycles. The van der Waals surface area contributed by atoms with E-state index in [9.17, 15) is 15.2 Å². The molecule has 232 valence electrons. The Labute approximate surface area is 255 Å². The lowest BCUT2D eigenvalue weighted by Gasteiger charge is -2.63. The molecule has 1 aromatic heterocycles. The lowest BCUT2D eigenvalue weighted by atomic mass is 9.49. The van der Waals surface area contributed by atoms with E-state index in [1.54, 1.807) is 30.6 Å². The number of amides is 1. The van der Waals surface area contributed by atoms with Crippen molar-refractivity contribution < 1.29 is 19.4 Å². The summed E-state index contributed by atoms with van der Waals surface area (Å²) in [6.07, 6.45) is 5.77. The van der Waals surface area contributed by atoms with Gasteiger partial charge in [-0.1, -0.05) is 34.6 Å². The van der Waals surface area contributed by atoms with Crippen LogP contribution in [0.25, 0.3) is 0 Å². The van der Waals surface area contributed by atoms with Crippen molar-refractivity contribution >= 4 is 11.9 Å². The van der Waals surface area contributed by atoms with Crippen molar-refractivity contribution in [3.63, 3.8) is 0 Å². The van der Waals surface area contributed by atoms with Crippen LogP contribution >= 0.6 is 0 Å². The van der Waals surface area contributed by atoms with Gasteiger partial charge in [-0.2, -0.15) is 5.26 Å². The Balaban J connectivity index is 1.16. The third-order valence-corrected chi connectivity index (χ3v) is 9.98. The number of aromatic nitrogens is 2. The number of aliphatic hydroxyl groups is 1. The molecule has 2 aromatic rings. The Morgan fingerprint density at radius 3 is 2.40 bits per heavy atom. The van der Waals surface area contributed by atoms with Gasteiger partial charge in [-0.3, -0.25) is 4.79 Å². The van der Waals surface area contributed by atoms with E-state index in [0.717, 1.165) is 52.0 Å². The van der Waals surface area contributed by atoms with E-state index >= 15 is 0 Å². The van der Waals surface area contributed by atoms with Crippen molar-refractivity contribution in [2.75, 3.05) is 44.7 Å². The summed E-state index contributed by atoms with van der Waals surface area (Å²) in [4.78, 5) is 27.2. The smallest absolute Gasteiger partial charge is 0.254 e. The van der Waals surface area contributed by atoms with Gasteiger partial charge in [-0.15, -0.1) is 0 Å². The van der Waals surface area contributed by atoms with E-state index in [-0.39, 0.29) is 35.0 Å². The average molecular weight is 591 g/mol. The predicted octanol–water partition coefficient (Wildman–Crippen LogP) is 3.89. The van der Waals surface area contributed by atoms with Gasteiger partial charge in [0.25, 0.3) is 5.91 Å². The quantitative estimate of drug-likeness (QED) is 0.471. The van der Waals surface area contributed by atoms with Crippen molar-refractivity contribution in [1.29, 1.82) is 5.26 Å². The van der Waals surface area contributed by atoms with Gasteiger partial charge in [0, 0.05) is 68.1 Å². The highest BCUT2D eigenvalue weighted by atomic mass is 16.5. The van der Waals surface area contributed by atoms with Gasteiger partial charge in [0.05, 0.1) is 24.3 Å². The highest BCUT2D eigenvalue weighted by Gasteiger charge is 2.64. The topological polar surface area (TPSA) is 124 Å². The zero-order valence-electron chi connectivity index (χ0n) is 26.3. The number of hydrogen-bond acceptors (Lipinski definition) is 9. The van der Waals surface area contributed by atoms with Crippen molar-refractivity contribution in [1.82, 2.24) is 20.2 Å². The summed E-state index contributed by atoms with van der Waals surface area (Å²) in [6.45, 7) is 15.5. The molecule has 0 unspecified atom stereocenters. The molecule has 5 rings (SSSR count). The summed E-state index contributed by atoms with van der Waals surface area (Å²) in [5.41, 5.74) is 0.187. The zero-order chi connectivity index (χ0) is 30.9. The maximum Gasteiger partial charge on any atom is 0.254 e. The average Bonchev–Trinajstić information content (AvgIpc) is 3.00. The normalized spacial score (nSPS) is 27.1. The molecule has 2 saturated heterocycles. The first-order chi connectivity index (χ1) is 20.4. The molecule has 10 heteroatoms. The first kappa shape index (κ1) is 31.0. The number of aliphatic hydroxyl groups excluding tert-OH is 1. The molecule has 0 spiro atoms. The van der Waals surface area contributed by atoms with Gasteiger partial charge in [0.1, 0.15) is 23.7 Å². The maximum absolute atomic E-state index is 13.3. The number of nitrogens with zero attached hydrogens (tertiary/aromatic N) is 5. The van der Waals surface area contributed by atoms with Crippen LogP contribution in [-0.4, -0.2) is 84.0 Å². The van der Waals surface area contributed by atoms with Crippen LogP contribution in [0.1, 0.15) is 69.8 Å². The van der Waals surface area contributed by atoms with Gasteiger partial charge in [-0.25, -0.2) is 9.97 Å². The van der Waals surface area contributed by atoms with Crippen molar-refractivity contribution in [3.05, 3.63) is 41.7 Å². The molecule has 2 atom stereocenters. The first-order valence-electron chi connectivity index (χ1n) is 15.5. The SMILES string of the molecule is COc1cc(OC2C(C)(C)C(NC(=O)c3cnc(N4CC[C@H](CN5CCC(O)CC5)[C@@H](C)C4)nc3)C2(C)C)ccc1C#N. The van der Waals surface area contributed by atoms with E-state index < -0.39 is 0 Å². The molecule has 10 nitrogen and oxygen atoms in total. The second-order valence-electron chi connectivity index (χ2n) is 13.8. The molecule has 1 saturated carbocycles. The lowest BCUT2D eigenvalue weighted by molar-refractivity contribution is -0.164. The monoisotopic (exact) mass is 590 g/mol. The third-order valence-electron chi connectivity index (χ3n) is 9.98. The highest BCUT2D eigenvalue weighted by molar-refractivity contribution is 5.94. The van der Waals surface area contributed by atoms with E-state index in [2.05, 4.69) is 65.8 Å². The molecule has 0 bridgehead atoms. The molecule has 3 heterocycles. The molecule has 3 fully saturated rings. The minimum Gasteiger partial charge on any atom is -0.495 e. The minimum absolute atomic E-state index is 0.138. The number of nitriles is 1. The first-order valence-corrected chi connectivity index (χ1v) is 15.5. The molecule has 1 amide bonds. The number of rotatable bonds is 8. The number of carbonyl (C=O) groups is 1. The van der Waals surface area contributed by atoms with Crippen molar-refractivity contribution in [3.8, 4) is 17.6 Å². The number of hydrogen-bond donors (Lipinski definition) is 2. The van der Waals surface area contributed by atoms with Crippen LogP contribution < -0.4 is 19.7 Å². The summed E-state index contributed by atoms with van der Waals surface area (Å²) < 4.78 is 11.7. The number of anilines is 1. The van der Waals surface area contributed by atoms with Gasteiger partial charge in [0.15, 0.2) is 0 Å². The molecular formula is C33H46N6O4. The summed E-state index contributed by atoms with van der Waals surface area (Å²) in [5.74, 6) is 2.70. The molecule has 3 aliphatic rings. The van der Waals surface area contributed by atoms with Crippen LogP contribution in [0.15, 0.2) is 30.6 Å². The second-order valence-corrected chi connectivity index (χ2v) is 13.8. The number of carbonyl (C=O) groups excluding carboxylic acids is 1. The molecule has 2 N–H and O–H groups in total. The number of piperidine rings is 2. The summed E-state index contributed by atoms with van der Waals surface area (Å²) in [6, 6.07) is 7.20. The predicted molar refractivity (Wildman–Crippen MR) is 164 cm³/mol. The van der Waals surface area contributed by atoms with Crippen LogP contribution in [-0.2, 0) is 0 Å². The second kappa shape index (κ2) is 12.3. The Bertz CT molecular complexity index is 1320. The summed E-state index contributed by atoms with van der Waals surface area (Å²) >= 11 is 0. The summed E-state index contributed by atoms with van der Waals surface area (Å²) in [5, 5.41) is 22.3. The zero-order valence-corrected chi connectivity index (χ0v) is 26.3. The Hall–Kier alpha value is -3.42. The Kier molecular flexibility index (Phi) is 8.87. The van der Waals surface area contributed by atoms with Crippen LogP contribution in [0.2, 0.25) is 0 Å².